The van der Waals surface area contributed by atoms with E-state index in [4.69, 9.17) is 32.7 Å². The Labute approximate surface area is 238 Å². The summed E-state index contributed by atoms with van der Waals surface area (Å²) in [6.07, 6.45) is 2.02. The van der Waals surface area contributed by atoms with Gasteiger partial charge in [0, 0.05) is 12.6 Å². The fourth-order valence-electron chi connectivity index (χ4n) is 3.69. The van der Waals surface area contributed by atoms with Crippen molar-refractivity contribution >= 4 is 52.3 Å². The first kappa shape index (κ1) is 30.7. The molecule has 1 aromatic heterocycles. The Bertz CT molecular complexity index is 1470. The minimum absolute atomic E-state index is 0.110. The summed E-state index contributed by atoms with van der Waals surface area (Å²) in [7, 11) is -7.64. The van der Waals surface area contributed by atoms with Crippen molar-refractivity contribution in [3.63, 3.8) is 0 Å². The van der Waals surface area contributed by atoms with Gasteiger partial charge in [0.05, 0.1) is 29.2 Å². The number of aromatic nitrogens is 2. The van der Waals surface area contributed by atoms with Gasteiger partial charge in [-0.1, -0.05) is 42.3 Å². The number of nitrogens with zero attached hydrogens (tertiary/aromatic N) is 3. The number of aryl methyl sites for hydroxylation is 1. The highest BCUT2D eigenvalue weighted by atomic mass is 35.5. The number of ether oxygens (including phenoxy) is 2. The highest BCUT2D eigenvalue weighted by molar-refractivity contribution is 7.93. The molecule has 0 atom stereocenters. The molecular weight excluding hydrogens is 586 g/mol. The van der Waals surface area contributed by atoms with Crippen LogP contribution >= 0.6 is 30.9 Å². The normalized spacial score (nSPS) is 11.6. The maximum Gasteiger partial charge on any atom is 0.342 e. The number of benzene rings is 2. The van der Waals surface area contributed by atoms with Gasteiger partial charge in [0.2, 0.25) is 0 Å². The number of anilines is 2. The van der Waals surface area contributed by atoms with Gasteiger partial charge in [-0.2, -0.15) is 5.10 Å². The van der Waals surface area contributed by atoms with E-state index < -0.39 is 23.0 Å². The number of para-hydroxylation sites is 1. The summed E-state index contributed by atoms with van der Waals surface area (Å²) in [5.74, 6) is 0.476. The minimum atomic E-state index is -4.41. The Morgan fingerprint density at radius 2 is 1.79 bits per heavy atom. The maximum absolute atomic E-state index is 14.1. The zero-order valence-electron chi connectivity index (χ0n) is 21.8. The van der Waals surface area contributed by atoms with E-state index in [9.17, 15) is 17.5 Å². The molecule has 0 aliphatic carbocycles. The van der Waals surface area contributed by atoms with Crippen LogP contribution in [0.3, 0.4) is 0 Å². The molecule has 0 amide bonds. The van der Waals surface area contributed by atoms with Crippen LogP contribution in [0.15, 0.2) is 53.6 Å². The summed E-state index contributed by atoms with van der Waals surface area (Å²) in [6, 6.07) is 10.9. The molecule has 10 nitrogen and oxygen atoms in total. The van der Waals surface area contributed by atoms with Crippen molar-refractivity contribution in [3.8, 4) is 11.5 Å². The minimum Gasteiger partial charge on any atom is -0.492 e. The average Bonchev–Trinajstić information content (AvgIpc) is 2.86. The number of hydrogen-bond acceptors (Lipinski definition) is 9. The van der Waals surface area contributed by atoms with Crippen LogP contribution < -0.4 is 19.1 Å². The number of halogens is 2. The van der Waals surface area contributed by atoms with E-state index in [1.54, 1.807) is 37.3 Å². The summed E-state index contributed by atoms with van der Waals surface area (Å²) in [4.78, 5) is -0.142. The van der Waals surface area contributed by atoms with Crippen LogP contribution in [0, 0.1) is 6.92 Å². The Kier molecular flexibility index (Phi) is 10.2. The zero-order valence-corrected chi connectivity index (χ0v) is 25.1. The van der Waals surface area contributed by atoms with Crippen LogP contribution in [0.25, 0.3) is 0 Å². The lowest BCUT2D eigenvalue weighted by atomic mass is 10.2. The standard InChI is InChI=1S/C25H29Cl2N4O6PS/c1-5-11-37-21-8-6-7-9-22(21)39(34,35)31(25(3,4)38(32)33)18-13-17(2)14-19(15-18)36-12-10-28-23-20(26)16-29-30-24(23)27/h6-9,13-16H,5,10-12H2,1-4H3,(H,28,29). The fraction of sp³-hybridized carbons (Fsp3) is 0.360. The number of nitrogens with one attached hydrogen (secondary N) is 1. The van der Waals surface area contributed by atoms with Crippen LogP contribution in [0.1, 0.15) is 32.8 Å². The summed E-state index contributed by atoms with van der Waals surface area (Å²) < 4.78 is 65.3. The van der Waals surface area contributed by atoms with E-state index in [0.717, 1.165) is 4.31 Å². The van der Waals surface area contributed by atoms with Crippen LogP contribution in [-0.2, 0) is 19.2 Å². The quantitative estimate of drug-likeness (QED) is 0.170. The lowest BCUT2D eigenvalue weighted by Gasteiger charge is -2.34. The summed E-state index contributed by atoms with van der Waals surface area (Å²) in [5, 5.41) is 9.00. The molecule has 0 saturated carbocycles. The summed E-state index contributed by atoms with van der Waals surface area (Å²) in [5.41, 5.74) is 1.19. The summed E-state index contributed by atoms with van der Waals surface area (Å²) in [6.45, 7) is 7.05. The molecule has 210 valence electrons. The Hall–Kier alpha value is -2.85. The van der Waals surface area contributed by atoms with Gasteiger partial charge < -0.3 is 14.8 Å². The molecule has 3 aromatic rings. The van der Waals surface area contributed by atoms with Gasteiger partial charge in [-0.25, -0.2) is 21.9 Å². The second-order valence-electron chi connectivity index (χ2n) is 8.95. The molecule has 1 heterocycles. The first-order valence-electron chi connectivity index (χ1n) is 12.0. The average molecular weight is 615 g/mol. The predicted octanol–water partition coefficient (Wildman–Crippen LogP) is 6.48. The molecule has 0 fully saturated rings. The Morgan fingerprint density at radius 3 is 2.46 bits per heavy atom. The topological polar surface area (TPSA) is 128 Å². The molecule has 3 rings (SSSR count). The summed E-state index contributed by atoms with van der Waals surface area (Å²) >= 11 is 12.1. The lowest BCUT2D eigenvalue weighted by Crippen LogP contribution is -2.45. The van der Waals surface area contributed by atoms with E-state index in [0.29, 0.717) is 35.1 Å². The number of sulfonamides is 1. The Morgan fingerprint density at radius 1 is 1.08 bits per heavy atom. The number of rotatable bonds is 13. The highest BCUT2D eigenvalue weighted by Crippen LogP contribution is 2.43. The highest BCUT2D eigenvalue weighted by Gasteiger charge is 2.43. The molecule has 2 aromatic carbocycles. The predicted molar refractivity (Wildman–Crippen MR) is 151 cm³/mol. The van der Waals surface area contributed by atoms with Crippen molar-refractivity contribution in [1.82, 2.24) is 10.2 Å². The van der Waals surface area contributed by atoms with Gasteiger partial charge in [-0.15, -0.1) is 5.10 Å². The molecule has 0 spiro atoms. The van der Waals surface area contributed by atoms with E-state index in [1.165, 1.54) is 32.2 Å². The van der Waals surface area contributed by atoms with Gasteiger partial charge in [-0.3, -0.25) is 0 Å². The van der Waals surface area contributed by atoms with Crippen LogP contribution in [0.5, 0.6) is 11.5 Å². The second kappa shape index (κ2) is 13.0. The van der Waals surface area contributed by atoms with E-state index in [-0.39, 0.29) is 34.6 Å². The monoisotopic (exact) mass is 614 g/mol. The third-order valence-corrected chi connectivity index (χ3v) is 9.30. The van der Waals surface area contributed by atoms with Crippen LogP contribution in [-0.4, -0.2) is 43.7 Å². The van der Waals surface area contributed by atoms with Gasteiger partial charge in [0.1, 0.15) is 23.0 Å². The van der Waals surface area contributed by atoms with Crippen molar-refractivity contribution in [1.29, 1.82) is 0 Å². The first-order chi connectivity index (χ1) is 18.4. The Balaban J connectivity index is 1.97. The number of hydrogen-bond donors (Lipinski definition) is 1. The first-order valence-corrected chi connectivity index (χ1v) is 15.3. The smallest absolute Gasteiger partial charge is 0.342 e. The molecule has 0 saturated heterocycles. The van der Waals surface area contributed by atoms with Crippen molar-refractivity contribution in [2.75, 3.05) is 29.4 Å². The van der Waals surface area contributed by atoms with Crippen LogP contribution in [0.2, 0.25) is 10.2 Å². The third kappa shape index (κ3) is 7.22. The zero-order chi connectivity index (χ0) is 28.8. The van der Waals surface area contributed by atoms with Gasteiger partial charge >= 0.3 is 7.68 Å². The SMILES string of the molecule is CCCOc1ccccc1S(=O)(=O)N(c1cc(C)cc(OCCNc2c(Cl)cnnc2Cl)c1)C(C)(C)P(=O)=O. The molecule has 0 unspecified atom stereocenters. The van der Waals surface area contributed by atoms with Gasteiger partial charge in [0.25, 0.3) is 10.0 Å². The molecule has 0 bridgehead atoms. The van der Waals surface area contributed by atoms with Gasteiger partial charge in [0.15, 0.2) is 10.4 Å². The molecule has 0 aliphatic heterocycles. The largest absolute Gasteiger partial charge is 0.492 e. The molecule has 39 heavy (non-hydrogen) atoms. The van der Waals surface area contributed by atoms with Crippen molar-refractivity contribution in [2.24, 2.45) is 0 Å². The van der Waals surface area contributed by atoms with Gasteiger partial charge in [-0.05, 0) is 57.0 Å². The fourth-order valence-corrected chi connectivity index (χ4v) is 6.74. The van der Waals surface area contributed by atoms with E-state index >= 15 is 0 Å². The maximum atomic E-state index is 14.1. The van der Waals surface area contributed by atoms with Crippen molar-refractivity contribution < 1.29 is 27.0 Å². The molecule has 0 aliphatic rings. The lowest BCUT2D eigenvalue weighted by molar-refractivity contribution is 0.309. The molecule has 1 N–H and O–H groups in total. The van der Waals surface area contributed by atoms with Crippen molar-refractivity contribution in [3.05, 3.63) is 64.4 Å². The molecule has 14 heteroatoms. The van der Waals surface area contributed by atoms with Crippen molar-refractivity contribution in [2.45, 2.75) is 44.3 Å². The second-order valence-corrected chi connectivity index (χ2v) is 13.1. The third-order valence-electron chi connectivity index (χ3n) is 5.48. The van der Waals surface area contributed by atoms with E-state index in [1.807, 2.05) is 6.92 Å². The molecule has 0 radical (unpaired) electrons. The van der Waals surface area contributed by atoms with Crippen LogP contribution in [0.4, 0.5) is 11.4 Å². The molecular formula is C25H29Cl2N4O6PS. The van der Waals surface area contributed by atoms with E-state index in [2.05, 4.69) is 15.5 Å².